The van der Waals surface area contributed by atoms with Crippen LogP contribution in [0.15, 0.2) is 0 Å². The molecule has 0 fully saturated rings. The molecule has 0 aromatic heterocycles. The fourth-order valence-corrected chi connectivity index (χ4v) is 1.07. The van der Waals surface area contributed by atoms with Crippen molar-refractivity contribution in [3.63, 3.8) is 0 Å². The third kappa shape index (κ3) is 7.33. The number of esters is 1. The lowest BCUT2D eigenvalue weighted by Gasteiger charge is -2.28. The normalized spacial score (nSPS) is 14.9. The Bertz CT molecular complexity index is 213. The van der Waals surface area contributed by atoms with E-state index in [2.05, 4.69) is 5.32 Å². The quantitative estimate of drug-likeness (QED) is 0.694. The second kappa shape index (κ2) is 4.94. The van der Waals surface area contributed by atoms with Gasteiger partial charge in [-0.2, -0.15) is 0 Å². The van der Waals surface area contributed by atoms with Crippen LogP contribution in [0.1, 0.15) is 41.5 Å². The molecule has 0 bridgehead atoms. The highest BCUT2D eigenvalue weighted by molar-refractivity contribution is 5.76. The van der Waals surface area contributed by atoms with E-state index in [1.165, 1.54) is 0 Å². The van der Waals surface area contributed by atoms with Crippen LogP contribution in [0.4, 0.5) is 0 Å². The minimum absolute atomic E-state index is 0.232. The van der Waals surface area contributed by atoms with E-state index >= 15 is 0 Å². The molecule has 4 nitrogen and oxygen atoms in total. The molecule has 0 saturated carbocycles. The summed E-state index contributed by atoms with van der Waals surface area (Å²) >= 11 is 0. The van der Waals surface area contributed by atoms with E-state index < -0.39 is 17.6 Å². The predicted octanol–water partition coefficient (Wildman–Crippen LogP) is 1.08. The van der Waals surface area contributed by atoms with Gasteiger partial charge in [-0.15, -0.1) is 0 Å². The summed E-state index contributed by atoms with van der Waals surface area (Å²) in [5.74, 6) is -0.417. The molecule has 0 aliphatic heterocycles. The van der Waals surface area contributed by atoms with E-state index in [1.54, 1.807) is 20.8 Å². The van der Waals surface area contributed by atoms with Gasteiger partial charge in [-0.05, 0) is 41.5 Å². The van der Waals surface area contributed by atoms with Crippen LogP contribution in [0.2, 0.25) is 0 Å². The number of ether oxygens (including phenoxy) is 1. The number of carbonyl (C=O) groups is 1. The van der Waals surface area contributed by atoms with Crippen LogP contribution in [0.5, 0.6) is 0 Å². The molecule has 0 heterocycles. The van der Waals surface area contributed by atoms with Crippen molar-refractivity contribution in [2.45, 2.75) is 58.7 Å². The molecule has 0 aromatic carbocycles. The Hall–Kier alpha value is -0.610. The molecule has 0 aliphatic carbocycles. The number of carbonyl (C=O) groups excluding carboxylic acids is 1. The van der Waals surface area contributed by atoms with Crippen LogP contribution in [-0.4, -0.2) is 34.9 Å². The monoisotopic (exact) mass is 217 g/mol. The molecule has 4 heteroatoms. The van der Waals surface area contributed by atoms with Gasteiger partial charge in [0.15, 0.2) is 0 Å². The minimum Gasteiger partial charge on any atom is -0.459 e. The summed E-state index contributed by atoms with van der Waals surface area (Å²) in [6.45, 7) is 10.9. The first-order valence-corrected chi connectivity index (χ1v) is 5.16. The summed E-state index contributed by atoms with van der Waals surface area (Å²) in [4.78, 5) is 11.6. The van der Waals surface area contributed by atoms with Crippen molar-refractivity contribution in [1.29, 1.82) is 0 Å². The van der Waals surface area contributed by atoms with Gasteiger partial charge >= 0.3 is 5.97 Å². The zero-order chi connectivity index (χ0) is 12.3. The smallest absolute Gasteiger partial charge is 0.326 e. The Morgan fingerprint density at radius 1 is 1.27 bits per heavy atom. The van der Waals surface area contributed by atoms with Gasteiger partial charge in [-0.25, -0.2) is 0 Å². The summed E-state index contributed by atoms with van der Waals surface area (Å²) in [5, 5.41) is 12.1. The summed E-state index contributed by atoms with van der Waals surface area (Å²) in [6, 6.07) is -0.663. The van der Waals surface area contributed by atoms with Gasteiger partial charge in [0.25, 0.3) is 0 Å². The van der Waals surface area contributed by atoms with E-state index in [1.807, 2.05) is 20.8 Å². The lowest BCUT2D eigenvalue weighted by molar-refractivity contribution is -0.159. The molecule has 0 saturated heterocycles. The first kappa shape index (κ1) is 14.4. The van der Waals surface area contributed by atoms with E-state index in [0.29, 0.717) is 0 Å². The molecule has 0 radical (unpaired) electrons. The van der Waals surface area contributed by atoms with Gasteiger partial charge in [-0.1, -0.05) is 0 Å². The van der Waals surface area contributed by atoms with Crippen molar-refractivity contribution in [2.24, 2.45) is 0 Å². The Kier molecular flexibility index (Phi) is 4.74. The molecule has 0 aromatic rings. The van der Waals surface area contributed by atoms with E-state index in [4.69, 9.17) is 9.84 Å². The SMILES string of the molecule is CC(C)(C)NC(CO)C(=O)OC(C)(C)C. The lowest BCUT2D eigenvalue weighted by Crippen LogP contribution is -2.51. The molecule has 1 atom stereocenters. The number of rotatable bonds is 3. The summed E-state index contributed by atoms with van der Waals surface area (Å²) in [6.07, 6.45) is 0. The number of aliphatic hydroxyl groups excluding tert-OH is 1. The molecular weight excluding hydrogens is 194 g/mol. The standard InChI is InChI=1S/C11H23NO3/c1-10(2,3)12-8(7-13)9(14)15-11(4,5)6/h8,12-13H,7H2,1-6H3. The van der Waals surface area contributed by atoms with E-state index in [9.17, 15) is 4.79 Å². The van der Waals surface area contributed by atoms with Crippen LogP contribution in [0, 0.1) is 0 Å². The Morgan fingerprint density at radius 3 is 2.00 bits per heavy atom. The highest BCUT2D eigenvalue weighted by Crippen LogP contribution is 2.10. The summed E-state index contributed by atoms with van der Waals surface area (Å²) in [7, 11) is 0. The maximum Gasteiger partial charge on any atom is 0.326 e. The van der Waals surface area contributed by atoms with Gasteiger partial charge in [0.1, 0.15) is 11.6 Å². The zero-order valence-electron chi connectivity index (χ0n) is 10.5. The van der Waals surface area contributed by atoms with Crippen LogP contribution < -0.4 is 5.32 Å². The number of hydrogen-bond donors (Lipinski definition) is 2. The van der Waals surface area contributed by atoms with Crippen molar-refractivity contribution in [3.05, 3.63) is 0 Å². The van der Waals surface area contributed by atoms with Gasteiger partial charge < -0.3 is 9.84 Å². The molecule has 0 aliphatic rings. The lowest BCUT2D eigenvalue weighted by atomic mass is 10.1. The first-order valence-electron chi connectivity index (χ1n) is 5.16. The largest absolute Gasteiger partial charge is 0.459 e. The van der Waals surface area contributed by atoms with Crippen LogP contribution >= 0.6 is 0 Å². The highest BCUT2D eigenvalue weighted by Gasteiger charge is 2.27. The summed E-state index contributed by atoms with van der Waals surface area (Å²) < 4.78 is 5.18. The van der Waals surface area contributed by atoms with Gasteiger partial charge in [0.05, 0.1) is 6.61 Å². The molecule has 0 amide bonds. The van der Waals surface area contributed by atoms with Crippen molar-refractivity contribution in [3.8, 4) is 0 Å². The average Bonchev–Trinajstić information content (AvgIpc) is 1.94. The second-order valence-electron chi connectivity index (χ2n) is 5.66. The van der Waals surface area contributed by atoms with Crippen molar-refractivity contribution in [1.82, 2.24) is 5.32 Å². The molecule has 0 rings (SSSR count). The maximum atomic E-state index is 11.6. The van der Waals surface area contributed by atoms with E-state index in [0.717, 1.165) is 0 Å². The number of hydrogen-bond acceptors (Lipinski definition) is 4. The maximum absolute atomic E-state index is 11.6. The van der Waals surface area contributed by atoms with Gasteiger partial charge in [-0.3, -0.25) is 10.1 Å². The van der Waals surface area contributed by atoms with Gasteiger partial charge in [0, 0.05) is 5.54 Å². The summed E-state index contributed by atoms with van der Waals surface area (Å²) in [5.41, 5.74) is -0.756. The zero-order valence-corrected chi connectivity index (χ0v) is 10.5. The first-order chi connectivity index (χ1) is 6.55. The Morgan fingerprint density at radius 2 is 1.73 bits per heavy atom. The van der Waals surface area contributed by atoms with Crippen LogP contribution in [0.25, 0.3) is 0 Å². The molecule has 1 unspecified atom stereocenters. The van der Waals surface area contributed by atoms with E-state index in [-0.39, 0.29) is 12.1 Å². The average molecular weight is 217 g/mol. The molecule has 90 valence electrons. The second-order valence-corrected chi connectivity index (χ2v) is 5.66. The number of aliphatic hydroxyl groups is 1. The third-order valence-corrected chi connectivity index (χ3v) is 1.48. The van der Waals surface area contributed by atoms with Gasteiger partial charge in [0.2, 0.25) is 0 Å². The molecule has 0 spiro atoms. The highest BCUT2D eigenvalue weighted by atomic mass is 16.6. The van der Waals surface area contributed by atoms with Crippen molar-refractivity contribution >= 4 is 5.97 Å². The molecular formula is C11H23NO3. The third-order valence-electron chi connectivity index (χ3n) is 1.48. The van der Waals surface area contributed by atoms with Crippen LogP contribution in [-0.2, 0) is 9.53 Å². The molecule has 2 N–H and O–H groups in total. The van der Waals surface area contributed by atoms with Crippen LogP contribution in [0.3, 0.4) is 0 Å². The topological polar surface area (TPSA) is 58.6 Å². The van der Waals surface area contributed by atoms with Crippen molar-refractivity contribution < 1.29 is 14.6 Å². The Labute approximate surface area is 92.0 Å². The predicted molar refractivity (Wildman–Crippen MR) is 59.6 cm³/mol. The minimum atomic E-state index is -0.663. The fraction of sp³-hybridized carbons (Fsp3) is 0.909. The number of nitrogens with one attached hydrogen (secondary N) is 1. The van der Waals surface area contributed by atoms with Crippen molar-refractivity contribution in [2.75, 3.05) is 6.61 Å². The molecule has 15 heavy (non-hydrogen) atoms. The Balaban J connectivity index is 4.36. The fourth-order valence-electron chi connectivity index (χ4n) is 1.07.